The van der Waals surface area contributed by atoms with Crippen LogP contribution in [0.15, 0.2) is 24.7 Å². The summed E-state index contributed by atoms with van der Waals surface area (Å²) in [4.78, 5) is 4.37. The number of aromatic nitrogens is 5. The van der Waals surface area contributed by atoms with Crippen molar-refractivity contribution in [3.05, 3.63) is 24.7 Å². The van der Waals surface area contributed by atoms with Crippen molar-refractivity contribution in [3.8, 4) is 17.1 Å². The van der Waals surface area contributed by atoms with E-state index in [4.69, 9.17) is 4.74 Å². The second-order valence-corrected chi connectivity index (χ2v) is 5.23. The third-order valence-corrected chi connectivity index (χ3v) is 3.31. The molecule has 0 aliphatic heterocycles. The zero-order valence-electron chi connectivity index (χ0n) is 12.7. The van der Waals surface area contributed by atoms with E-state index in [1.165, 1.54) is 0 Å². The second-order valence-electron chi connectivity index (χ2n) is 5.23. The standard InChI is InChI=1S/C15H19N5O/c1-5-20-9-11(8-17-20)14-13-12(19(4)18-14)6-7-16-15(13)21-10(2)3/h6-10H,5H2,1-4H3. The fourth-order valence-corrected chi connectivity index (χ4v) is 2.35. The lowest BCUT2D eigenvalue weighted by molar-refractivity contribution is 0.236. The molecule has 0 aromatic carbocycles. The molecule has 0 fully saturated rings. The zero-order chi connectivity index (χ0) is 15.0. The third-order valence-electron chi connectivity index (χ3n) is 3.31. The fourth-order valence-electron chi connectivity index (χ4n) is 2.35. The van der Waals surface area contributed by atoms with Gasteiger partial charge in [0.05, 0.1) is 23.2 Å². The molecule has 3 heterocycles. The predicted octanol–water partition coefficient (Wildman–Crippen LogP) is 2.64. The molecule has 6 nitrogen and oxygen atoms in total. The molecule has 3 aromatic rings. The van der Waals surface area contributed by atoms with Crippen molar-refractivity contribution in [2.45, 2.75) is 33.4 Å². The fraction of sp³-hybridized carbons (Fsp3) is 0.400. The molecule has 0 N–H and O–H groups in total. The van der Waals surface area contributed by atoms with Crippen LogP contribution in [0.1, 0.15) is 20.8 Å². The van der Waals surface area contributed by atoms with Crippen molar-refractivity contribution >= 4 is 10.9 Å². The van der Waals surface area contributed by atoms with Crippen molar-refractivity contribution in [1.29, 1.82) is 0 Å². The highest BCUT2D eigenvalue weighted by atomic mass is 16.5. The van der Waals surface area contributed by atoms with Crippen LogP contribution in [-0.2, 0) is 13.6 Å². The number of hydrogen-bond acceptors (Lipinski definition) is 4. The summed E-state index contributed by atoms with van der Waals surface area (Å²) in [5.41, 5.74) is 2.83. The molecule has 0 unspecified atom stereocenters. The molecule has 0 aliphatic rings. The summed E-state index contributed by atoms with van der Waals surface area (Å²) >= 11 is 0. The van der Waals surface area contributed by atoms with Crippen LogP contribution in [0.3, 0.4) is 0 Å². The number of pyridine rings is 1. The molecule has 0 atom stereocenters. The Balaban J connectivity index is 2.22. The molecular weight excluding hydrogens is 266 g/mol. The largest absolute Gasteiger partial charge is 0.474 e. The smallest absolute Gasteiger partial charge is 0.225 e. The Labute approximate surface area is 123 Å². The van der Waals surface area contributed by atoms with Crippen molar-refractivity contribution < 1.29 is 4.74 Å². The van der Waals surface area contributed by atoms with Gasteiger partial charge in [0.15, 0.2) is 0 Å². The van der Waals surface area contributed by atoms with E-state index < -0.39 is 0 Å². The van der Waals surface area contributed by atoms with Crippen LogP contribution in [0.5, 0.6) is 5.88 Å². The van der Waals surface area contributed by atoms with Crippen LogP contribution in [0, 0.1) is 0 Å². The Morgan fingerprint density at radius 1 is 1.33 bits per heavy atom. The van der Waals surface area contributed by atoms with Crippen molar-refractivity contribution in [2.24, 2.45) is 7.05 Å². The minimum atomic E-state index is 0.0644. The lowest BCUT2D eigenvalue weighted by Gasteiger charge is -2.09. The lowest BCUT2D eigenvalue weighted by atomic mass is 10.1. The van der Waals surface area contributed by atoms with Crippen LogP contribution in [0.4, 0.5) is 0 Å². The summed E-state index contributed by atoms with van der Waals surface area (Å²) in [5.74, 6) is 0.620. The highest BCUT2D eigenvalue weighted by molar-refractivity contribution is 5.96. The molecule has 3 aromatic heterocycles. The number of rotatable bonds is 4. The Bertz CT molecular complexity index is 772. The summed E-state index contributed by atoms with van der Waals surface area (Å²) in [6.45, 7) is 6.87. The number of hydrogen-bond donors (Lipinski definition) is 0. The maximum atomic E-state index is 5.84. The van der Waals surface area contributed by atoms with Gasteiger partial charge in [0, 0.05) is 31.5 Å². The van der Waals surface area contributed by atoms with E-state index >= 15 is 0 Å². The predicted molar refractivity (Wildman–Crippen MR) is 81.2 cm³/mol. The molecule has 0 aliphatic carbocycles. The van der Waals surface area contributed by atoms with Crippen LogP contribution in [0.2, 0.25) is 0 Å². The Morgan fingerprint density at radius 3 is 2.81 bits per heavy atom. The van der Waals surface area contributed by atoms with Crippen LogP contribution in [0.25, 0.3) is 22.2 Å². The first-order valence-corrected chi connectivity index (χ1v) is 7.11. The topological polar surface area (TPSA) is 57.8 Å². The zero-order valence-corrected chi connectivity index (χ0v) is 12.7. The number of nitrogens with zero attached hydrogens (tertiary/aromatic N) is 5. The average molecular weight is 285 g/mol. The molecule has 0 saturated heterocycles. The molecule has 6 heteroatoms. The summed E-state index contributed by atoms with van der Waals surface area (Å²) in [7, 11) is 1.93. The molecule has 0 saturated carbocycles. The molecular formula is C15H19N5O. The first kappa shape index (κ1) is 13.6. The number of ether oxygens (including phenoxy) is 1. The second kappa shape index (κ2) is 5.20. The molecule has 0 radical (unpaired) electrons. The normalized spacial score (nSPS) is 11.5. The van der Waals surface area contributed by atoms with Gasteiger partial charge in [-0.15, -0.1) is 0 Å². The van der Waals surface area contributed by atoms with Gasteiger partial charge in [-0.05, 0) is 26.8 Å². The highest BCUT2D eigenvalue weighted by Gasteiger charge is 2.18. The minimum Gasteiger partial charge on any atom is -0.474 e. The molecule has 0 bridgehead atoms. The van der Waals surface area contributed by atoms with Crippen LogP contribution >= 0.6 is 0 Å². The van der Waals surface area contributed by atoms with Gasteiger partial charge in [-0.3, -0.25) is 9.36 Å². The molecule has 110 valence electrons. The molecule has 3 rings (SSSR count). The van der Waals surface area contributed by atoms with E-state index in [1.54, 1.807) is 6.20 Å². The summed E-state index contributed by atoms with van der Waals surface area (Å²) in [6, 6.07) is 1.95. The molecule has 21 heavy (non-hydrogen) atoms. The van der Waals surface area contributed by atoms with E-state index in [0.29, 0.717) is 5.88 Å². The van der Waals surface area contributed by atoms with E-state index in [1.807, 2.05) is 48.7 Å². The van der Waals surface area contributed by atoms with Gasteiger partial charge in [-0.25, -0.2) is 4.98 Å². The minimum absolute atomic E-state index is 0.0644. The number of fused-ring (bicyclic) bond motifs is 1. The summed E-state index contributed by atoms with van der Waals surface area (Å²) in [6.07, 6.45) is 5.64. The van der Waals surface area contributed by atoms with E-state index in [9.17, 15) is 0 Å². The van der Waals surface area contributed by atoms with Crippen LogP contribution < -0.4 is 4.74 Å². The van der Waals surface area contributed by atoms with Gasteiger partial charge in [0.1, 0.15) is 5.69 Å². The highest BCUT2D eigenvalue weighted by Crippen LogP contribution is 2.33. The third kappa shape index (κ3) is 2.37. The van der Waals surface area contributed by atoms with Gasteiger partial charge in [-0.1, -0.05) is 0 Å². The first-order valence-electron chi connectivity index (χ1n) is 7.11. The average Bonchev–Trinajstić information content (AvgIpc) is 3.04. The van der Waals surface area contributed by atoms with E-state index in [2.05, 4.69) is 22.1 Å². The number of aryl methyl sites for hydroxylation is 2. The Morgan fingerprint density at radius 2 is 2.14 bits per heavy atom. The SMILES string of the molecule is CCn1cc(-c2nn(C)c3ccnc(OC(C)C)c23)cn1. The summed E-state index contributed by atoms with van der Waals surface area (Å²) < 4.78 is 9.58. The molecule has 0 amide bonds. The quantitative estimate of drug-likeness (QED) is 0.739. The Hall–Kier alpha value is -2.37. The van der Waals surface area contributed by atoms with Crippen molar-refractivity contribution in [3.63, 3.8) is 0 Å². The van der Waals surface area contributed by atoms with Crippen LogP contribution in [-0.4, -0.2) is 30.6 Å². The monoisotopic (exact) mass is 285 g/mol. The van der Waals surface area contributed by atoms with Gasteiger partial charge in [0.2, 0.25) is 5.88 Å². The van der Waals surface area contributed by atoms with Gasteiger partial charge in [-0.2, -0.15) is 10.2 Å². The maximum Gasteiger partial charge on any atom is 0.225 e. The molecule has 0 spiro atoms. The first-order chi connectivity index (χ1) is 10.1. The maximum absolute atomic E-state index is 5.84. The van der Waals surface area contributed by atoms with Crippen molar-refractivity contribution in [2.75, 3.05) is 0 Å². The van der Waals surface area contributed by atoms with Crippen molar-refractivity contribution in [1.82, 2.24) is 24.5 Å². The van der Waals surface area contributed by atoms with Gasteiger partial charge < -0.3 is 4.74 Å². The Kier molecular flexibility index (Phi) is 3.37. The van der Waals surface area contributed by atoms with Gasteiger partial charge >= 0.3 is 0 Å². The summed E-state index contributed by atoms with van der Waals surface area (Å²) in [5, 5.41) is 9.88. The lowest BCUT2D eigenvalue weighted by Crippen LogP contribution is -2.07. The van der Waals surface area contributed by atoms with E-state index in [0.717, 1.165) is 28.7 Å². The van der Waals surface area contributed by atoms with E-state index in [-0.39, 0.29) is 6.10 Å². The van der Waals surface area contributed by atoms with Gasteiger partial charge in [0.25, 0.3) is 0 Å².